The lowest BCUT2D eigenvalue weighted by Crippen LogP contribution is -2.13. The Labute approximate surface area is 255 Å². The number of phenolic OH excluding ortho intramolecular Hbond substituents is 1. The van der Waals surface area contributed by atoms with Crippen LogP contribution in [0.1, 0.15) is 105 Å². The Morgan fingerprint density at radius 1 is 1.02 bits per heavy atom. The first-order chi connectivity index (χ1) is 19.8. The molecule has 1 N–H and O–H groups in total. The van der Waals surface area contributed by atoms with Crippen molar-refractivity contribution in [1.82, 2.24) is 0 Å². The van der Waals surface area contributed by atoms with E-state index in [1.807, 2.05) is 98.7 Å². The first-order valence-corrected chi connectivity index (χ1v) is 16.6. The fraction of sp³-hybridized carbons (Fsp3) is 0.471. The summed E-state index contributed by atoms with van der Waals surface area (Å²) in [5.41, 5.74) is 4.01. The second-order valence-corrected chi connectivity index (χ2v) is 10.9. The molecule has 2 aromatic rings. The van der Waals surface area contributed by atoms with Crippen molar-refractivity contribution in [3.63, 3.8) is 0 Å². The summed E-state index contributed by atoms with van der Waals surface area (Å²) in [7, 11) is -1.17. The molecule has 2 unspecified atom stereocenters. The Bertz CT molecular complexity index is 1160. The molecule has 1 fully saturated rings. The van der Waals surface area contributed by atoms with Gasteiger partial charge in [0.1, 0.15) is 23.0 Å². The van der Waals surface area contributed by atoms with Crippen LogP contribution in [0.3, 0.4) is 0 Å². The van der Waals surface area contributed by atoms with Crippen molar-refractivity contribution in [3.8, 4) is 11.5 Å². The quantitative estimate of drug-likeness (QED) is 0.318. The molecule has 2 atom stereocenters. The molecule has 228 valence electrons. The molecule has 0 saturated carbocycles. The fourth-order valence-electron chi connectivity index (χ4n) is 4.08. The molecule has 0 spiro atoms. The Hall–Kier alpha value is -2.30. The molecule has 2 aliphatic rings. The molecule has 1 saturated heterocycles. The third-order valence-corrected chi connectivity index (χ3v) is 7.51. The molecule has 0 amide bonds. The van der Waals surface area contributed by atoms with Crippen molar-refractivity contribution in [2.45, 2.75) is 94.1 Å². The molecule has 0 aromatic heterocycles. The van der Waals surface area contributed by atoms with Gasteiger partial charge in [0.25, 0.3) is 0 Å². The van der Waals surface area contributed by atoms with Gasteiger partial charge in [-0.2, -0.15) is 0 Å². The highest BCUT2D eigenvalue weighted by molar-refractivity contribution is 7.47. The van der Waals surface area contributed by atoms with Gasteiger partial charge in [-0.25, -0.2) is 0 Å². The Morgan fingerprint density at radius 2 is 1.73 bits per heavy atom. The van der Waals surface area contributed by atoms with E-state index in [1.54, 1.807) is 12.1 Å². The van der Waals surface area contributed by atoms with Crippen LogP contribution in [0.25, 0.3) is 0 Å². The smallest absolute Gasteiger partial charge is 0.211 e. The minimum atomic E-state index is -1.17. The molecule has 4 rings (SSSR count). The van der Waals surface area contributed by atoms with Crippen LogP contribution in [-0.2, 0) is 13.8 Å². The summed E-state index contributed by atoms with van der Waals surface area (Å²) in [5.74, 6) is 2.78. The van der Waals surface area contributed by atoms with Crippen molar-refractivity contribution < 1.29 is 23.6 Å². The zero-order valence-corrected chi connectivity index (χ0v) is 28.2. The Morgan fingerprint density at radius 3 is 2.39 bits per heavy atom. The van der Waals surface area contributed by atoms with Gasteiger partial charge in [0, 0.05) is 17.0 Å². The molecule has 5 nitrogen and oxygen atoms in total. The minimum absolute atomic E-state index is 0.0393. The van der Waals surface area contributed by atoms with Gasteiger partial charge in [-0.15, -0.1) is 0 Å². The summed E-state index contributed by atoms with van der Waals surface area (Å²) >= 11 is 6.15. The number of aromatic hydroxyl groups is 1. The Balaban J connectivity index is 0.00000131. The van der Waals surface area contributed by atoms with Gasteiger partial charge in [0.15, 0.2) is 6.35 Å². The van der Waals surface area contributed by atoms with Crippen LogP contribution in [0.4, 0.5) is 0 Å². The van der Waals surface area contributed by atoms with Crippen molar-refractivity contribution in [2.24, 2.45) is 0 Å². The van der Waals surface area contributed by atoms with Crippen molar-refractivity contribution in [2.75, 3.05) is 13.0 Å². The maximum atomic E-state index is 10.1. The summed E-state index contributed by atoms with van der Waals surface area (Å²) in [6, 6.07) is 13.2. The van der Waals surface area contributed by atoms with Crippen LogP contribution in [0.15, 0.2) is 77.3 Å². The average molecular weight is 605 g/mol. The lowest BCUT2D eigenvalue weighted by Gasteiger charge is -2.29. The van der Waals surface area contributed by atoms with E-state index in [-0.39, 0.29) is 17.8 Å². The number of hydrogen-bond donors (Lipinski definition) is 1. The molecule has 2 aromatic carbocycles. The average Bonchev–Trinajstić information content (AvgIpc) is 3.13. The van der Waals surface area contributed by atoms with Crippen LogP contribution < -0.4 is 4.74 Å². The zero-order chi connectivity index (χ0) is 30.9. The van der Waals surface area contributed by atoms with Gasteiger partial charge in [0.2, 0.25) is 8.38 Å². The Kier molecular flexibility index (Phi) is 17.7. The monoisotopic (exact) mass is 604 g/mol. The first-order valence-electron chi connectivity index (χ1n) is 14.8. The molecular weight excluding hydrogens is 555 g/mol. The highest BCUT2D eigenvalue weighted by atomic mass is 35.5. The lowest BCUT2D eigenvalue weighted by molar-refractivity contribution is 0.0950. The summed E-state index contributed by atoms with van der Waals surface area (Å²) in [4.78, 5) is 0. The standard InChI is InChI=1S/C28H32ClO5P.3C2H6/c1-18(2)25-16-24(10-11-26(25)30)33-28-19(3)8-9-23(14-20(28)4)31-17-35-32-13-12-27(34-35)21-6-5-7-22(29)15-21;3*1-2/h5-7,9-11,14-16,18,27,30H,8,12-13,17H2,1-4H3;3*1-2H3. The molecular formula is C34H50ClO5P. The van der Waals surface area contributed by atoms with E-state index in [1.165, 1.54) is 0 Å². The van der Waals surface area contributed by atoms with Gasteiger partial charge < -0.3 is 23.6 Å². The van der Waals surface area contributed by atoms with Crippen molar-refractivity contribution >= 4 is 20.0 Å². The fourth-order valence-corrected chi connectivity index (χ4v) is 5.55. The largest absolute Gasteiger partial charge is 0.508 e. The summed E-state index contributed by atoms with van der Waals surface area (Å²) in [5, 5.41) is 10.8. The number of rotatable bonds is 7. The number of benzene rings is 2. The van der Waals surface area contributed by atoms with E-state index in [9.17, 15) is 5.11 Å². The number of hydrogen-bond acceptors (Lipinski definition) is 5. The SMILES string of the molecule is CC.CC.CC.CC1=CC(OCP2OCCC(c3cccc(Cl)c3)O2)=CCC(C)=C1Oc1ccc(O)c(C(C)C)c1. The minimum Gasteiger partial charge on any atom is -0.508 e. The predicted octanol–water partition coefficient (Wildman–Crippen LogP) is 11.6. The van der Waals surface area contributed by atoms with Crippen molar-refractivity contribution in [1.29, 1.82) is 0 Å². The first kappa shape index (κ1) is 36.7. The molecule has 1 aliphatic heterocycles. The highest BCUT2D eigenvalue weighted by Crippen LogP contribution is 2.49. The number of ether oxygens (including phenoxy) is 2. The second-order valence-electron chi connectivity index (χ2n) is 9.10. The highest BCUT2D eigenvalue weighted by Gasteiger charge is 2.26. The third-order valence-electron chi connectivity index (χ3n) is 5.97. The topological polar surface area (TPSA) is 57.2 Å². The molecule has 0 radical (unpaired) electrons. The van der Waals surface area contributed by atoms with E-state index in [0.717, 1.165) is 40.2 Å². The summed E-state index contributed by atoms with van der Waals surface area (Å²) in [6.07, 6.45) is 5.86. The maximum absolute atomic E-state index is 10.1. The van der Waals surface area contributed by atoms with Gasteiger partial charge in [-0.05, 0) is 85.4 Å². The molecule has 0 bridgehead atoms. The number of halogens is 1. The van der Waals surface area contributed by atoms with Gasteiger partial charge in [-0.1, -0.05) is 79.1 Å². The van der Waals surface area contributed by atoms with E-state index in [0.29, 0.717) is 30.1 Å². The second kappa shape index (κ2) is 19.8. The molecule has 1 aliphatic carbocycles. The van der Waals surface area contributed by atoms with E-state index in [4.69, 9.17) is 30.1 Å². The summed E-state index contributed by atoms with van der Waals surface area (Å²) in [6.45, 7) is 20.8. The van der Waals surface area contributed by atoms with E-state index < -0.39 is 8.38 Å². The van der Waals surface area contributed by atoms with Gasteiger partial charge >= 0.3 is 0 Å². The molecule has 1 heterocycles. The van der Waals surface area contributed by atoms with Gasteiger partial charge in [0.05, 0.1) is 12.7 Å². The van der Waals surface area contributed by atoms with Gasteiger partial charge in [-0.3, -0.25) is 0 Å². The summed E-state index contributed by atoms with van der Waals surface area (Å²) < 4.78 is 24.4. The van der Waals surface area contributed by atoms with E-state index >= 15 is 0 Å². The molecule has 7 heteroatoms. The normalized spacial score (nSPS) is 18.2. The van der Waals surface area contributed by atoms with Crippen molar-refractivity contribution in [3.05, 3.63) is 93.4 Å². The third kappa shape index (κ3) is 11.5. The predicted molar refractivity (Wildman–Crippen MR) is 175 cm³/mol. The van der Waals surface area contributed by atoms with Crippen LogP contribution in [-0.4, -0.2) is 18.1 Å². The molecule has 41 heavy (non-hydrogen) atoms. The maximum Gasteiger partial charge on any atom is 0.211 e. The lowest BCUT2D eigenvalue weighted by atomic mass is 10.0. The van der Waals surface area contributed by atoms with Crippen LogP contribution in [0, 0.1) is 0 Å². The number of allylic oxidation sites excluding steroid dienone is 4. The van der Waals surface area contributed by atoms with E-state index in [2.05, 4.69) is 13.0 Å². The van der Waals surface area contributed by atoms with Crippen LogP contribution in [0.2, 0.25) is 5.02 Å². The van der Waals surface area contributed by atoms with Crippen LogP contribution >= 0.6 is 20.0 Å². The number of phenols is 1. The van der Waals surface area contributed by atoms with Crippen LogP contribution in [0.5, 0.6) is 11.5 Å². The zero-order valence-electron chi connectivity index (χ0n) is 26.6.